The minimum absolute atomic E-state index is 0.338. The fraction of sp³-hybridized carbons (Fsp3) is 0.481. The number of nitrogens with one attached hydrogen (secondary N) is 1. The van der Waals surface area contributed by atoms with Crippen LogP contribution in [0.1, 0.15) is 31.7 Å². The van der Waals surface area contributed by atoms with Crippen molar-refractivity contribution in [1.82, 2.24) is 19.8 Å². The standard InChI is InChI=1S/C27H37N7O4/c1-19-23(4-5-24(31-19)32-26(36)34-10-7-27(2,3)25(34)35)38-21-6-8-30-22(16-21)20(17-28)18-29-9-11-33-12-14-37-15-13-33/h4-6,8,16-18,25,35H,7,9-15,28H2,1-3H3,(H,31,32,36). The van der Waals surface area contributed by atoms with Crippen LogP contribution in [-0.2, 0) is 4.74 Å². The van der Waals surface area contributed by atoms with E-state index in [4.69, 9.17) is 15.2 Å². The van der Waals surface area contributed by atoms with Crippen LogP contribution in [0.3, 0.4) is 0 Å². The number of carbonyl (C=O) groups is 1. The molecule has 2 aromatic heterocycles. The average molecular weight is 524 g/mol. The van der Waals surface area contributed by atoms with E-state index in [0.29, 0.717) is 47.4 Å². The molecular formula is C27H37N7O4. The monoisotopic (exact) mass is 523 g/mol. The highest BCUT2D eigenvalue weighted by atomic mass is 16.5. The van der Waals surface area contributed by atoms with Crippen LogP contribution in [0.25, 0.3) is 5.57 Å². The number of hydrogen-bond donors (Lipinski definition) is 3. The van der Waals surface area contributed by atoms with Gasteiger partial charge in [-0.2, -0.15) is 0 Å². The number of urea groups is 1. The Labute approximate surface area is 223 Å². The van der Waals surface area contributed by atoms with E-state index in [1.54, 1.807) is 43.6 Å². The first-order valence-corrected chi connectivity index (χ1v) is 12.9. The molecule has 11 nitrogen and oxygen atoms in total. The SMILES string of the molecule is Cc1nc(NC(=O)N2CCC(C)(C)C2O)ccc1Oc1ccnc(C(C=NCCN2CCOCC2)=CN)c1. The van der Waals surface area contributed by atoms with E-state index in [-0.39, 0.29) is 11.4 Å². The fourth-order valence-electron chi connectivity index (χ4n) is 4.34. The summed E-state index contributed by atoms with van der Waals surface area (Å²) in [6.45, 7) is 11.1. The van der Waals surface area contributed by atoms with Crippen LogP contribution in [-0.4, -0.2) is 89.3 Å². The molecule has 1 unspecified atom stereocenters. The Hall–Kier alpha value is -3.54. The first-order valence-electron chi connectivity index (χ1n) is 12.9. The summed E-state index contributed by atoms with van der Waals surface area (Å²) in [7, 11) is 0. The highest BCUT2D eigenvalue weighted by Gasteiger charge is 2.41. The van der Waals surface area contributed by atoms with Gasteiger partial charge in [0.1, 0.15) is 23.5 Å². The molecule has 11 heteroatoms. The molecule has 2 fully saturated rings. The van der Waals surface area contributed by atoms with Crippen LogP contribution in [0, 0.1) is 12.3 Å². The number of aliphatic imine (C=N–C) groups is 1. The number of ether oxygens (including phenoxy) is 2. The van der Waals surface area contributed by atoms with E-state index >= 15 is 0 Å². The summed E-state index contributed by atoms with van der Waals surface area (Å²) >= 11 is 0. The number of carbonyl (C=O) groups excluding carboxylic acids is 1. The largest absolute Gasteiger partial charge is 0.455 e. The van der Waals surface area contributed by atoms with E-state index < -0.39 is 6.23 Å². The summed E-state index contributed by atoms with van der Waals surface area (Å²) in [5.41, 5.74) is 7.45. The number of pyridine rings is 2. The zero-order chi connectivity index (χ0) is 27.1. The molecule has 0 bridgehead atoms. The van der Waals surface area contributed by atoms with Gasteiger partial charge in [-0.05, 0) is 31.5 Å². The molecule has 1 atom stereocenters. The van der Waals surface area contributed by atoms with Crippen molar-refractivity contribution in [3.63, 3.8) is 0 Å². The first-order chi connectivity index (χ1) is 18.3. The van der Waals surface area contributed by atoms with Gasteiger partial charge in [-0.3, -0.25) is 25.1 Å². The Kier molecular flexibility index (Phi) is 8.93. The maximum Gasteiger partial charge on any atom is 0.325 e. The summed E-state index contributed by atoms with van der Waals surface area (Å²) < 4.78 is 11.4. The summed E-state index contributed by atoms with van der Waals surface area (Å²) in [5, 5.41) is 13.2. The number of hydrogen-bond acceptors (Lipinski definition) is 9. The van der Waals surface area contributed by atoms with Crippen molar-refractivity contribution < 1.29 is 19.4 Å². The molecule has 4 N–H and O–H groups in total. The average Bonchev–Trinajstić information content (AvgIpc) is 3.18. The highest BCUT2D eigenvalue weighted by molar-refractivity contribution is 6.08. The van der Waals surface area contributed by atoms with Gasteiger partial charge in [-0.1, -0.05) is 13.8 Å². The summed E-state index contributed by atoms with van der Waals surface area (Å²) in [6.07, 6.45) is 4.75. The number of nitrogens with zero attached hydrogens (tertiary/aromatic N) is 5. The molecule has 0 radical (unpaired) electrons. The lowest BCUT2D eigenvalue weighted by Crippen LogP contribution is -2.42. The van der Waals surface area contributed by atoms with Crippen molar-refractivity contribution in [2.75, 3.05) is 51.3 Å². The third-order valence-corrected chi connectivity index (χ3v) is 6.84. The third-order valence-electron chi connectivity index (χ3n) is 6.84. The Balaban J connectivity index is 1.35. The number of aryl methyl sites for hydroxylation is 1. The van der Waals surface area contributed by atoms with Crippen LogP contribution >= 0.6 is 0 Å². The third kappa shape index (κ3) is 6.85. The fourth-order valence-corrected chi connectivity index (χ4v) is 4.34. The molecule has 0 saturated carbocycles. The van der Waals surface area contributed by atoms with E-state index in [1.807, 2.05) is 13.8 Å². The zero-order valence-electron chi connectivity index (χ0n) is 22.3. The van der Waals surface area contributed by atoms with Crippen LogP contribution in [0.5, 0.6) is 11.5 Å². The summed E-state index contributed by atoms with van der Waals surface area (Å²) in [6, 6.07) is 6.57. The molecule has 4 heterocycles. The second-order valence-corrected chi connectivity index (χ2v) is 10.1. The van der Waals surface area contributed by atoms with Crippen molar-refractivity contribution in [3.05, 3.63) is 48.1 Å². The van der Waals surface area contributed by atoms with Crippen molar-refractivity contribution in [2.45, 2.75) is 33.4 Å². The Bertz CT molecular complexity index is 1180. The van der Waals surface area contributed by atoms with Crippen LogP contribution in [0.4, 0.5) is 10.6 Å². The number of allylic oxidation sites excluding steroid dienone is 1. The molecule has 0 aromatic carbocycles. The van der Waals surface area contributed by atoms with Gasteiger partial charge >= 0.3 is 6.03 Å². The van der Waals surface area contributed by atoms with Gasteiger partial charge in [0.25, 0.3) is 0 Å². The van der Waals surface area contributed by atoms with Crippen molar-refractivity contribution >= 4 is 23.6 Å². The van der Waals surface area contributed by atoms with Crippen LogP contribution < -0.4 is 15.8 Å². The highest BCUT2D eigenvalue weighted by Crippen LogP contribution is 2.34. The van der Waals surface area contributed by atoms with Crippen molar-refractivity contribution in [3.8, 4) is 11.5 Å². The molecule has 2 saturated heterocycles. The summed E-state index contributed by atoms with van der Waals surface area (Å²) in [5.74, 6) is 1.49. The van der Waals surface area contributed by atoms with E-state index in [2.05, 4.69) is 25.2 Å². The second-order valence-electron chi connectivity index (χ2n) is 10.1. The van der Waals surface area contributed by atoms with E-state index in [9.17, 15) is 9.90 Å². The Morgan fingerprint density at radius 3 is 2.79 bits per heavy atom. The van der Waals surface area contributed by atoms with Gasteiger partial charge in [0.05, 0.1) is 31.1 Å². The molecule has 4 rings (SSSR count). The lowest BCUT2D eigenvalue weighted by atomic mass is 9.91. The molecule has 2 amide bonds. The number of anilines is 1. The number of aliphatic hydroxyl groups excluding tert-OH is 1. The van der Waals surface area contributed by atoms with Gasteiger partial charge in [-0.25, -0.2) is 9.78 Å². The van der Waals surface area contributed by atoms with Gasteiger partial charge < -0.3 is 20.3 Å². The topological polar surface area (TPSA) is 138 Å². The lowest BCUT2D eigenvalue weighted by Gasteiger charge is -2.27. The maximum atomic E-state index is 12.6. The zero-order valence-corrected chi connectivity index (χ0v) is 22.3. The predicted molar refractivity (Wildman–Crippen MR) is 146 cm³/mol. The number of amides is 2. The number of morpholine rings is 1. The predicted octanol–water partition coefficient (Wildman–Crippen LogP) is 2.86. The Morgan fingerprint density at radius 2 is 2.11 bits per heavy atom. The van der Waals surface area contributed by atoms with Crippen LogP contribution in [0.2, 0.25) is 0 Å². The van der Waals surface area contributed by atoms with Gasteiger partial charge in [-0.15, -0.1) is 0 Å². The molecule has 0 spiro atoms. The lowest BCUT2D eigenvalue weighted by molar-refractivity contribution is -0.00118. The Morgan fingerprint density at radius 1 is 1.32 bits per heavy atom. The second kappa shape index (κ2) is 12.3. The number of likely N-dealkylation sites (tertiary alicyclic amines) is 1. The maximum absolute atomic E-state index is 12.6. The molecule has 2 aliphatic rings. The van der Waals surface area contributed by atoms with Gasteiger partial charge in [0.15, 0.2) is 0 Å². The molecule has 0 aliphatic carbocycles. The normalized spacial score (nSPS) is 20.2. The van der Waals surface area contributed by atoms with E-state index in [1.165, 1.54) is 11.1 Å². The van der Waals surface area contributed by atoms with Gasteiger partial charge in [0.2, 0.25) is 0 Å². The van der Waals surface area contributed by atoms with Crippen LogP contribution in [0.15, 0.2) is 41.7 Å². The molecular weight excluding hydrogens is 486 g/mol. The quantitative estimate of drug-likeness (QED) is 0.449. The molecule has 38 heavy (non-hydrogen) atoms. The number of aliphatic hydroxyl groups is 1. The van der Waals surface area contributed by atoms with Crippen molar-refractivity contribution in [1.29, 1.82) is 0 Å². The minimum atomic E-state index is -0.839. The number of nitrogens with two attached hydrogens (primary N) is 1. The first kappa shape index (κ1) is 27.5. The number of rotatable bonds is 8. The van der Waals surface area contributed by atoms with Crippen molar-refractivity contribution in [2.24, 2.45) is 16.1 Å². The molecule has 204 valence electrons. The minimum Gasteiger partial charge on any atom is -0.455 e. The van der Waals surface area contributed by atoms with E-state index in [0.717, 1.165) is 39.3 Å². The smallest absolute Gasteiger partial charge is 0.325 e. The molecule has 2 aliphatic heterocycles. The molecule has 2 aromatic rings. The van der Waals surface area contributed by atoms with Gasteiger partial charge in [0, 0.05) is 61.8 Å². The number of aromatic nitrogens is 2. The summed E-state index contributed by atoms with van der Waals surface area (Å²) in [4.78, 5) is 29.8.